The maximum atomic E-state index is 13.0. The van der Waals surface area contributed by atoms with E-state index in [9.17, 15) is 9.59 Å². The number of benzene rings is 2. The highest BCUT2D eigenvalue weighted by atomic mass is 32.2. The van der Waals surface area contributed by atoms with Gasteiger partial charge in [-0.25, -0.2) is 0 Å². The van der Waals surface area contributed by atoms with E-state index in [2.05, 4.69) is 29.7 Å². The zero-order valence-corrected chi connectivity index (χ0v) is 16.3. The number of amides is 2. The van der Waals surface area contributed by atoms with Crippen molar-refractivity contribution in [3.8, 4) is 12.3 Å². The maximum absolute atomic E-state index is 13.0. The highest BCUT2D eigenvalue weighted by Gasteiger charge is 2.39. The van der Waals surface area contributed by atoms with Gasteiger partial charge in [0, 0.05) is 24.1 Å². The van der Waals surface area contributed by atoms with Gasteiger partial charge in [-0.05, 0) is 35.2 Å². The van der Waals surface area contributed by atoms with Crippen molar-refractivity contribution in [3.05, 3.63) is 95.9 Å². The minimum atomic E-state index is -1.25. The van der Waals surface area contributed by atoms with E-state index < -0.39 is 4.87 Å². The van der Waals surface area contributed by atoms with E-state index in [0.717, 1.165) is 17.3 Å². The molecule has 2 amide bonds. The van der Waals surface area contributed by atoms with Gasteiger partial charge < -0.3 is 10.6 Å². The van der Waals surface area contributed by atoms with Crippen LogP contribution in [0.15, 0.2) is 79.2 Å². The van der Waals surface area contributed by atoms with Crippen molar-refractivity contribution in [3.63, 3.8) is 0 Å². The number of hydrogen-bond donors (Lipinski definition) is 2. The first kappa shape index (κ1) is 21.1. The van der Waals surface area contributed by atoms with Gasteiger partial charge in [-0.2, -0.15) is 0 Å². The van der Waals surface area contributed by atoms with E-state index in [-0.39, 0.29) is 18.2 Å². The van der Waals surface area contributed by atoms with Crippen LogP contribution in [0, 0.1) is 12.3 Å². The molecule has 4 nitrogen and oxygen atoms in total. The van der Waals surface area contributed by atoms with E-state index in [0.29, 0.717) is 17.7 Å². The molecule has 0 saturated heterocycles. The normalized spacial score (nSPS) is 12.1. The molecule has 0 heterocycles. The first-order valence-corrected chi connectivity index (χ1v) is 9.53. The van der Waals surface area contributed by atoms with Crippen molar-refractivity contribution in [2.24, 2.45) is 0 Å². The van der Waals surface area contributed by atoms with Gasteiger partial charge in [0.05, 0.1) is 0 Å². The Bertz CT molecular complexity index is 873. The fourth-order valence-electron chi connectivity index (χ4n) is 2.57. The molecule has 2 aromatic rings. The summed E-state index contributed by atoms with van der Waals surface area (Å²) in [4.78, 5) is 24.5. The molecule has 2 rings (SSSR count). The van der Waals surface area contributed by atoms with Crippen LogP contribution >= 0.6 is 11.8 Å². The van der Waals surface area contributed by atoms with Gasteiger partial charge >= 0.3 is 0 Å². The lowest BCUT2D eigenvalue weighted by molar-refractivity contribution is -0.124. The largest absolute Gasteiger partial charge is 0.349 e. The van der Waals surface area contributed by atoms with Crippen LogP contribution in [0.1, 0.15) is 27.9 Å². The van der Waals surface area contributed by atoms with E-state index >= 15 is 0 Å². The second-order valence-corrected chi connectivity index (χ2v) is 7.21. The molecule has 2 N–H and O–H groups in total. The fraction of sp³-hybridized carbons (Fsp3) is 0.130. The van der Waals surface area contributed by atoms with E-state index in [1.807, 2.05) is 30.3 Å². The monoisotopic (exact) mass is 390 g/mol. The van der Waals surface area contributed by atoms with Gasteiger partial charge in [0.1, 0.15) is 0 Å². The smallest absolute Gasteiger partial charge is 0.257 e. The lowest BCUT2D eigenvalue weighted by atomic mass is 10.1. The Balaban J connectivity index is 2.21. The zero-order valence-electron chi connectivity index (χ0n) is 15.5. The predicted octanol–water partition coefficient (Wildman–Crippen LogP) is 3.86. The van der Waals surface area contributed by atoms with Crippen molar-refractivity contribution in [2.45, 2.75) is 17.8 Å². The summed E-state index contributed by atoms with van der Waals surface area (Å²) in [5.74, 6) is 1.80. The molecule has 0 aliphatic heterocycles. The molecule has 1 unspecified atom stereocenters. The first-order chi connectivity index (χ1) is 13.5. The fourth-order valence-corrected chi connectivity index (χ4v) is 3.40. The lowest BCUT2D eigenvalue weighted by Crippen LogP contribution is -2.56. The summed E-state index contributed by atoms with van der Waals surface area (Å²) >= 11 is 1.14. The molecule has 0 aromatic heterocycles. The SMILES string of the molecule is C#Cc1ccc(C(=O)NC(CC=C)(SC=C)C(=O)NCc2ccccc2)cc1. The van der Waals surface area contributed by atoms with Gasteiger partial charge in [0.25, 0.3) is 11.8 Å². The molecule has 2 aromatic carbocycles. The second-order valence-electron chi connectivity index (χ2n) is 5.95. The molecule has 142 valence electrons. The third-order valence-corrected chi connectivity index (χ3v) is 5.03. The van der Waals surface area contributed by atoms with Crippen molar-refractivity contribution in [1.82, 2.24) is 10.6 Å². The van der Waals surface area contributed by atoms with E-state index in [4.69, 9.17) is 6.42 Å². The second kappa shape index (κ2) is 10.2. The van der Waals surface area contributed by atoms with E-state index in [1.54, 1.807) is 30.3 Å². The van der Waals surface area contributed by atoms with Crippen LogP contribution in [-0.4, -0.2) is 16.7 Å². The zero-order chi connectivity index (χ0) is 20.4. The summed E-state index contributed by atoms with van der Waals surface area (Å²) in [5.41, 5.74) is 2.05. The quantitative estimate of drug-likeness (QED) is 0.388. The lowest BCUT2D eigenvalue weighted by Gasteiger charge is -2.31. The molecule has 28 heavy (non-hydrogen) atoms. The summed E-state index contributed by atoms with van der Waals surface area (Å²) in [6.45, 7) is 7.79. The summed E-state index contributed by atoms with van der Waals surface area (Å²) in [6, 6.07) is 16.2. The van der Waals surface area contributed by atoms with Crippen LogP contribution in [0.2, 0.25) is 0 Å². The van der Waals surface area contributed by atoms with Crippen molar-refractivity contribution in [2.75, 3.05) is 0 Å². The number of thioether (sulfide) groups is 1. The Morgan fingerprint density at radius 1 is 1.11 bits per heavy atom. The van der Waals surface area contributed by atoms with Gasteiger partial charge in [0.15, 0.2) is 4.87 Å². The average molecular weight is 391 g/mol. The summed E-state index contributed by atoms with van der Waals surface area (Å²) < 4.78 is 0. The molecular weight excluding hydrogens is 368 g/mol. The van der Waals surface area contributed by atoms with Crippen LogP contribution in [0.25, 0.3) is 0 Å². The van der Waals surface area contributed by atoms with Crippen molar-refractivity contribution >= 4 is 23.6 Å². The minimum absolute atomic E-state index is 0.235. The van der Waals surface area contributed by atoms with Crippen molar-refractivity contribution in [1.29, 1.82) is 0 Å². The Morgan fingerprint density at radius 3 is 2.36 bits per heavy atom. The van der Waals surface area contributed by atoms with Crippen LogP contribution < -0.4 is 10.6 Å². The maximum Gasteiger partial charge on any atom is 0.257 e. The topological polar surface area (TPSA) is 58.2 Å². The minimum Gasteiger partial charge on any atom is -0.349 e. The third kappa shape index (κ3) is 5.38. The molecule has 0 bridgehead atoms. The Morgan fingerprint density at radius 2 is 1.79 bits per heavy atom. The Hall–Kier alpha value is -3.23. The summed E-state index contributed by atoms with van der Waals surface area (Å²) in [7, 11) is 0. The van der Waals surface area contributed by atoms with Gasteiger partial charge in [-0.1, -0.05) is 60.7 Å². The number of terminal acetylenes is 1. The number of rotatable bonds is 9. The standard InChI is InChI=1S/C23H22N2O2S/c1-4-16-23(28-6-3,22(27)24-17-19-10-8-7-9-11-19)25-21(26)20-14-12-18(5-2)13-15-20/h2,4,6-15H,1,3,16-17H2,(H,24,27)(H,25,26). The molecule has 0 aliphatic rings. The molecule has 0 fully saturated rings. The predicted molar refractivity (Wildman–Crippen MR) is 115 cm³/mol. The molecule has 0 radical (unpaired) electrons. The first-order valence-electron chi connectivity index (χ1n) is 8.65. The molecule has 0 spiro atoms. The van der Waals surface area contributed by atoms with Gasteiger partial charge in [-0.15, -0.1) is 13.0 Å². The van der Waals surface area contributed by atoms with Gasteiger partial charge in [-0.3, -0.25) is 9.59 Å². The van der Waals surface area contributed by atoms with Crippen LogP contribution in [0.5, 0.6) is 0 Å². The van der Waals surface area contributed by atoms with Gasteiger partial charge in [0.2, 0.25) is 0 Å². The highest BCUT2D eigenvalue weighted by Crippen LogP contribution is 2.29. The third-order valence-electron chi connectivity index (χ3n) is 4.01. The summed E-state index contributed by atoms with van der Waals surface area (Å²) in [6.07, 6.45) is 7.18. The Labute approximate surface area is 170 Å². The number of nitrogens with one attached hydrogen (secondary N) is 2. The molecular formula is C23H22N2O2S. The Kier molecular flexibility index (Phi) is 7.67. The molecule has 0 aliphatic carbocycles. The number of hydrogen-bond acceptors (Lipinski definition) is 3. The van der Waals surface area contributed by atoms with Crippen LogP contribution in [0.3, 0.4) is 0 Å². The van der Waals surface area contributed by atoms with Crippen LogP contribution in [-0.2, 0) is 11.3 Å². The average Bonchev–Trinajstić information content (AvgIpc) is 2.73. The molecule has 1 atom stereocenters. The van der Waals surface area contributed by atoms with Crippen LogP contribution in [0.4, 0.5) is 0 Å². The summed E-state index contributed by atoms with van der Waals surface area (Å²) in [5, 5.41) is 7.26. The van der Waals surface area contributed by atoms with E-state index in [1.165, 1.54) is 5.41 Å². The molecule has 5 heteroatoms. The number of carbonyl (C=O) groups is 2. The highest BCUT2D eigenvalue weighted by molar-refractivity contribution is 8.04. The molecule has 0 saturated carbocycles. The number of carbonyl (C=O) groups excluding carboxylic acids is 2. The van der Waals surface area contributed by atoms with Crippen molar-refractivity contribution < 1.29 is 9.59 Å².